The third-order valence-electron chi connectivity index (χ3n) is 3.49. The van der Waals surface area contributed by atoms with Crippen LogP contribution < -0.4 is 10.1 Å². The summed E-state index contributed by atoms with van der Waals surface area (Å²) >= 11 is 5.85. The number of benzene rings is 2. The van der Waals surface area contributed by atoms with Crippen LogP contribution in [-0.2, 0) is 0 Å². The second-order valence-corrected chi connectivity index (χ2v) is 6.10. The number of carbonyl (C=O) groups is 1. The smallest absolute Gasteiger partial charge is 0.321 e. The number of nitrogens with one attached hydrogen (secondary N) is 1. The third kappa shape index (κ3) is 4.88. The van der Waals surface area contributed by atoms with Gasteiger partial charge in [-0.1, -0.05) is 23.7 Å². The summed E-state index contributed by atoms with van der Waals surface area (Å²) in [7, 11) is 3.35. The number of urea groups is 1. The number of hydrogen-bond donors (Lipinski definition) is 2. The normalized spacial score (nSPS) is 13.0. The molecular formula is C18H21ClN2O3. The van der Waals surface area contributed by atoms with Gasteiger partial charge < -0.3 is 20.1 Å². The molecular weight excluding hydrogens is 328 g/mol. The molecule has 0 aliphatic rings. The molecule has 0 bridgehead atoms. The minimum Gasteiger partial charge on any atom is -0.488 e. The van der Waals surface area contributed by atoms with E-state index in [0.717, 1.165) is 5.56 Å². The maximum absolute atomic E-state index is 11.6. The molecule has 2 aromatic rings. The Labute approximate surface area is 146 Å². The van der Waals surface area contributed by atoms with Crippen molar-refractivity contribution in [2.45, 2.75) is 19.1 Å². The van der Waals surface area contributed by atoms with E-state index in [0.29, 0.717) is 16.5 Å². The summed E-state index contributed by atoms with van der Waals surface area (Å²) < 4.78 is 5.76. The molecule has 2 rings (SSSR count). The molecule has 128 valence electrons. The van der Waals surface area contributed by atoms with Crippen molar-refractivity contribution in [1.29, 1.82) is 0 Å². The van der Waals surface area contributed by atoms with Crippen molar-refractivity contribution in [2.24, 2.45) is 0 Å². The van der Waals surface area contributed by atoms with Crippen molar-refractivity contribution in [1.82, 2.24) is 4.90 Å². The standard InChI is InChI=1S/C18H21ClN2O3/c1-12(17(22)13-4-6-14(19)7-5-13)24-16-10-8-15(9-11-16)20-18(23)21(2)3/h4-12,17,22H,1-3H3,(H,20,23). The van der Waals surface area contributed by atoms with Crippen LogP contribution in [0.4, 0.5) is 10.5 Å². The van der Waals surface area contributed by atoms with Crippen molar-refractivity contribution in [3.05, 3.63) is 59.1 Å². The Hall–Kier alpha value is -2.24. The van der Waals surface area contributed by atoms with Crippen LogP contribution in [0.15, 0.2) is 48.5 Å². The molecule has 24 heavy (non-hydrogen) atoms. The van der Waals surface area contributed by atoms with Crippen LogP contribution in [0.3, 0.4) is 0 Å². The fourth-order valence-electron chi connectivity index (χ4n) is 2.06. The van der Waals surface area contributed by atoms with E-state index >= 15 is 0 Å². The van der Waals surface area contributed by atoms with Crippen LogP contribution in [0.1, 0.15) is 18.6 Å². The molecule has 2 amide bonds. The van der Waals surface area contributed by atoms with Gasteiger partial charge in [0.1, 0.15) is 18.0 Å². The first-order valence-corrected chi connectivity index (χ1v) is 7.93. The van der Waals surface area contributed by atoms with E-state index in [9.17, 15) is 9.90 Å². The fourth-order valence-corrected chi connectivity index (χ4v) is 2.19. The molecule has 0 heterocycles. The number of aliphatic hydroxyl groups is 1. The molecule has 0 aromatic heterocycles. The average Bonchev–Trinajstić information content (AvgIpc) is 2.56. The van der Waals surface area contributed by atoms with E-state index < -0.39 is 12.2 Å². The molecule has 0 fully saturated rings. The lowest BCUT2D eigenvalue weighted by Gasteiger charge is -2.21. The molecule has 5 nitrogen and oxygen atoms in total. The zero-order valence-electron chi connectivity index (χ0n) is 13.9. The molecule has 0 aliphatic heterocycles. The van der Waals surface area contributed by atoms with Gasteiger partial charge in [-0.15, -0.1) is 0 Å². The van der Waals surface area contributed by atoms with E-state index in [1.165, 1.54) is 4.90 Å². The fraction of sp³-hybridized carbons (Fsp3) is 0.278. The predicted molar refractivity (Wildman–Crippen MR) is 95.6 cm³/mol. The topological polar surface area (TPSA) is 61.8 Å². The van der Waals surface area contributed by atoms with Crippen LogP contribution in [0.5, 0.6) is 5.75 Å². The first kappa shape index (κ1) is 18.1. The predicted octanol–water partition coefficient (Wildman–Crippen LogP) is 3.93. The number of anilines is 1. The number of nitrogens with zero attached hydrogens (tertiary/aromatic N) is 1. The number of ether oxygens (including phenoxy) is 1. The Kier molecular flexibility index (Phi) is 6.06. The second-order valence-electron chi connectivity index (χ2n) is 5.67. The molecule has 0 aliphatic carbocycles. The van der Waals surface area contributed by atoms with E-state index in [1.807, 2.05) is 0 Å². The zero-order chi connectivity index (χ0) is 17.7. The highest BCUT2D eigenvalue weighted by molar-refractivity contribution is 6.30. The van der Waals surface area contributed by atoms with E-state index in [-0.39, 0.29) is 6.03 Å². The van der Waals surface area contributed by atoms with E-state index in [1.54, 1.807) is 69.6 Å². The summed E-state index contributed by atoms with van der Waals surface area (Å²) in [5.41, 5.74) is 1.41. The summed E-state index contributed by atoms with van der Waals surface area (Å²) in [4.78, 5) is 13.0. The van der Waals surface area contributed by atoms with Crippen molar-refractivity contribution in [3.8, 4) is 5.75 Å². The second kappa shape index (κ2) is 8.04. The maximum Gasteiger partial charge on any atom is 0.321 e. The van der Waals surface area contributed by atoms with Crippen molar-refractivity contribution < 1.29 is 14.6 Å². The Morgan fingerprint density at radius 2 is 1.71 bits per heavy atom. The average molecular weight is 349 g/mol. The monoisotopic (exact) mass is 348 g/mol. The van der Waals surface area contributed by atoms with Crippen LogP contribution in [0.2, 0.25) is 5.02 Å². The highest BCUT2D eigenvalue weighted by Crippen LogP contribution is 2.24. The lowest BCUT2D eigenvalue weighted by atomic mass is 10.1. The Bertz CT molecular complexity index is 672. The Morgan fingerprint density at radius 1 is 1.12 bits per heavy atom. The quantitative estimate of drug-likeness (QED) is 0.860. The Morgan fingerprint density at radius 3 is 2.25 bits per heavy atom. The first-order chi connectivity index (χ1) is 11.4. The molecule has 2 aromatic carbocycles. The van der Waals surface area contributed by atoms with Gasteiger partial charge >= 0.3 is 6.03 Å². The van der Waals surface area contributed by atoms with Crippen molar-refractivity contribution >= 4 is 23.3 Å². The van der Waals surface area contributed by atoms with Crippen LogP contribution in [0, 0.1) is 0 Å². The summed E-state index contributed by atoms with van der Waals surface area (Å²) in [5.74, 6) is 0.610. The number of amides is 2. The summed E-state index contributed by atoms with van der Waals surface area (Å²) in [6.45, 7) is 1.79. The molecule has 0 saturated heterocycles. The number of halogens is 1. The van der Waals surface area contributed by atoms with Gasteiger partial charge in [-0.3, -0.25) is 0 Å². The van der Waals surface area contributed by atoms with Gasteiger partial charge in [0.2, 0.25) is 0 Å². The minimum absolute atomic E-state index is 0.199. The van der Waals surface area contributed by atoms with Gasteiger partial charge in [-0.05, 0) is 48.9 Å². The maximum atomic E-state index is 11.6. The third-order valence-corrected chi connectivity index (χ3v) is 3.74. The molecule has 2 N–H and O–H groups in total. The highest BCUT2D eigenvalue weighted by Gasteiger charge is 2.18. The molecule has 2 unspecified atom stereocenters. The van der Waals surface area contributed by atoms with Gasteiger partial charge in [0.25, 0.3) is 0 Å². The molecule has 2 atom stereocenters. The lowest BCUT2D eigenvalue weighted by Crippen LogP contribution is -2.27. The summed E-state index contributed by atoms with van der Waals surface area (Å²) in [6, 6.07) is 13.8. The van der Waals surface area contributed by atoms with Gasteiger partial charge in [-0.25, -0.2) is 4.79 Å². The zero-order valence-corrected chi connectivity index (χ0v) is 14.6. The molecule has 0 spiro atoms. The molecule has 0 saturated carbocycles. The summed E-state index contributed by atoms with van der Waals surface area (Å²) in [5, 5.41) is 13.7. The van der Waals surface area contributed by atoms with E-state index in [2.05, 4.69) is 5.32 Å². The first-order valence-electron chi connectivity index (χ1n) is 7.55. The van der Waals surface area contributed by atoms with Crippen LogP contribution in [0.25, 0.3) is 0 Å². The number of rotatable bonds is 5. The Balaban J connectivity index is 1.97. The molecule has 0 radical (unpaired) electrons. The van der Waals surface area contributed by atoms with Crippen LogP contribution >= 0.6 is 11.6 Å². The molecule has 6 heteroatoms. The van der Waals surface area contributed by atoms with Gasteiger partial charge in [0.15, 0.2) is 0 Å². The van der Waals surface area contributed by atoms with E-state index in [4.69, 9.17) is 16.3 Å². The highest BCUT2D eigenvalue weighted by atomic mass is 35.5. The summed E-state index contributed by atoms with van der Waals surface area (Å²) in [6.07, 6.45) is -1.20. The van der Waals surface area contributed by atoms with Crippen molar-refractivity contribution in [2.75, 3.05) is 19.4 Å². The van der Waals surface area contributed by atoms with Gasteiger partial charge in [0.05, 0.1) is 0 Å². The number of aliphatic hydroxyl groups excluding tert-OH is 1. The van der Waals surface area contributed by atoms with Crippen molar-refractivity contribution in [3.63, 3.8) is 0 Å². The largest absolute Gasteiger partial charge is 0.488 e. The van der Waals surface area contributed by atoms with Gasteiger partial charge in [0, 0.05) is 24.8 Å². The number of hydrogen-bond acceptors (Lipinski definition) is 3. The minimum atomic E-state index is -0.768. The van der Waals surface area contributed by atoms with Crippen LogP contribution in [-0.4, -0.2) is 36.2 Å². The lowest BCUT2D eigenvalue weighted by molar-refractivity contribution is 0.0468. The van der Waals surface area contributed by atoms with Gasteiger partial charge in [-0.2, -0.15) is 0 Å². The SMILES string of the molecule is CC(Oc1ccc(NC(=O)N(C)C)cc1)C(O)c1ccc(Cl)cc1. The number of carbonyl (C=O) groups excluding carboxylic acids is 1.